The fourth-order valence-corrected chi connectivity index (χ4v) is 3.69. The van der Waals surface area contributed by atoms with E-state index in [0.717, 1.165) is 0 Å². The van der Waals surface area contributed by atoms with Crippen LogP contribution in [0.2, 0.25) is 0 Å². The minimum Gasteiger partial charge on any atom is -0.0756 e. The second kappa shape index (κ2) is 6.16. The second-order valence-corrected chi connectivity index (χ2v) is 5.94. The van der Waals surface area contributed by atoms with Crippen LogP contribution in [0.1, 0.15) is 26.7 Å². The molecule has 0 saturated heterocycles. The molecule has 0 bridgehead atoms. The standard InChI is InChI=1S/C12H19P/c1-3-5-11-13(4-2)12-9-7-6-8-10-12/h6-10H,3-5,11H2,1-2H3. The first-order valence-corrected chi connectivity index (χ1v) is 6.89. The van der Waals surface area contributed by atoms with Crippen molar-refractivity contribution in [2.24, 2.45) is 0 Å². The summed E-state index contributed by atoms with van der Waals surface area (Å²) in [6.07, 6.45) is 5.45. The predicted octanol–water partition coefficient (Wildman–Crippen LogP) is 3.61. The van der Waals surface area contributed by atoms with Crippen LogP contribution in [0.5, 0.6) is 0 Å². The number of hydrogen-bond acceptors (Lipinski definition) is 0. The molecule has 0 aliphatic rings. The first-order chi connectivity index (χ1) is 6.38. The van der Waals surface area contributed by atoms with Crippen molar-refractivity contribution in [2.45, 2.75) is 26.7 Å². The van der Waals surface area contributed by atoms with Crippen LogP contribution in [-0.4, -0.2) is 12.3 Å². The van der Waals surface area contributed by atoms with Crippen molar-refractivity contribution < 1.29 is 0 Å². The molecule has 0 radical (unpaired) electrons. The van der Waals surface area contributed by atoms with E-state index in [2.05, 4.69) is 44.2 Å². The van der Waals surface area contributed by atoms with Crippen molar-refractivity contribution >= 4 is 13.2 Å². The van der Waals surface area contributed by atoms with Gasteiger partial charge in [-0.15, -0.1) is 0 Å². The lowest BCUT2D eigenvalue weighted by Crippen LogP contribution is -2.04. The highest BCUT2D eigenvalue weighted by atomic mass is 31.1. The summed E-state index contributed by atoms with van der Waals surface area (Å²) < 4.78 is 0. The summed E-state index contributed by atoms with van der Waals surface area (Å²) in [5.41, 5.74) is 0. The molecule has 0 heterocycles. The van der Waals surface area contributed by atoms with Crippen LogP contribution < -0.4 is 5.30 Å². The molecule has 1 aromatic carbocycles. The second-order valence-electron chi connectivity index (χ2n) is 3.27. The lowest BCUT2D eigenvalue weighted by Gasteiger charge is -2.15. The average Bonchev–Trinajstić information content (AvgIpc) is 2.21. The fraction of sp³-hybridized carbons (Fsp3) is 0.500. The van der Waals surface area contributed by atoms with E-state index in [0.29, 0.717) is 0 Å². The topological polar surface area (TPSA) is 0 Å². The Bertz CT molecular complexity index is 218. The third-order valence-electron chi connectivity index (χ3n) is 2.28. The normalized spacial score (nSPS) is 12.8. The van der Waals surface area contributed by atoms with Gasteiger partial charge in [-0.3, -0.25) is 0 Å². The molecule has 1 atom stereocenters. The molecule has 1 heteroatoms. The maximum atomic E-state index is 2.31. The van der Waals surface area contributed by atoms with Gasteiger partial charge in [-0.25, -0.2) is 0 Å². The average molecular weight is 194 g/mol. The maximum absolute atomic E-state index is 2.31. The zero-order valence-electron chi connectivity index (χ0n) is 8.66. The molecule has 0 aliphatic carbocycles. The summed E-state index contributed by atoms with van der Waals surface area (Å²) >= 11 is 0. The lowest BCUT2D eigenvalue weighted by molar-refractivity contribution is 0.891. The van der Waals surface area contributed by atoms with Crippen LogP contribution in [0.4, 0.5) is 0 Å². The largest absolute Gasteiger partial charge is 0.0756 e. The van der Waals surface area contributed by atoms with E-state index in [9.17, 15) is 0 Å². The van der Waals surface area contributed by atoms with E-state index >= 15 is 0 Å². The molecule has 1 aromatic rings. The summed E-state index contributed by atoms with van der Waals surface area (Å²) in [4.78, 5) is 0. The van der Waals surface area contributed by atoms with Gasteiger partial charge in [-0.05, 0) is 24.0 Å². The summed E-state index contributed by atoms with van der Waals surface area (Å²) in [6, 6.07) is 11.0. The van der Waals surface area contributed by atoms with E-state index < -0.39 is 0 Å². The van der Waals surface area contributed by atoms with Crippen molar-refractivity contribution in [3.8, 4) is 0 Å². The highest BCUT2D eigenvalue weighted by Crippen LogP contribution is 2.34. The number of benzene rings is 1. The van der Waals surface area contributed by atoms with Crippen molar-refractivity contribution in [3.05, 3.63) is 30.3 Å². The van der Waals surface area contributed by atoms with Crippen molar-refractivity contribution in [1.82, 2.24) is 0 Å². The lowest BCUT2D eigenvalue weighted by atomic mass is 10.4. The van der Waals surface area contributed by atoms with Crippen LogP contribution in [0.15, 0.2) is 30.3 Å². The Morgan fingerprint density at radius 1 is 1.08 bits per heavy atom. The van der Waals surface area contributed by atoms with Gasteiger partial charge in [0.15, 0.2) is 0 Å². The number of unbranched alkanes of at least 4 members (excludes halogenated alkanes) is 1. The van der Waals surface area contributed by atoms with Crippen LogP contribution >= 0.6 is 7.92 Å². The van der Waals surface area contributed by atoms with Gasteiger partial charge in [0.25, 0.3) is 0 Å². The van der Waals surface area contributed by atoms with Gasteiger partial charge in [-0.1, -0.05) is 58.5 Å². The highest BCUT2D eigenvalue weighted by molar-refractivity contribution is 7.65. The summed E-state index contributed by atoms with van der Waals surface area (Å²) in [7, 11) is 0.141. The zero-order valence-corrected chi connectivity index (χ0v) is 9.56. The molecule has 0 aliphatic heterocycles. The first-order valence-electron chi connectivity index (χ1n) is 5.18. The molecule has 13 heavy (non-hydrogen) atoms. The smallest absolute Gasteiger partial charge is 0.0240 e. The van der Waals surface area contributed by atoms with Gasteiger partial charge in [0.2, 0.25) is 0 Å². The quantitative estimate of drug-likeness (QED) is 0.628. The van der Waals surface area contributed by atoms with Crippen LogP contribution in [-0.2, 0) is 0 Å². The molecular weight excluding hydrogens is 175 g/mol. The van der Waals surface area contributed by atoms with Gasteiger partial charge >= 0.3 is 0 Å². The Labute approximate surface area is 83.1 Å². The van der Waals surface area contributed by atoms with E-state index in [4.69, 9.17) is 0 Å². The molecular formula is C12H19P. The van der Waals surface area contributed by atoms with Crippen LogP contribution in [0.3, 0.4) is 0 Å². The summed E-state index contributed by atoms with van der Waals surface area (Å²) in [6.45, 7) is 4.59. The minimum atomic E-state index is 0.141. The molecule has 0 saturated carbocycles. The Hall–Kier alpha value is -0.350. The van der Waals surface area contributed by atoms with Crippen molar-refractivity contribution in [3.63, 3.8) is 0 Å². The van der Waals surface area contributed by atoms with Gasteiger partial charge < -0.3 is 0 Å². The molecule has 0 spiro atoms. The third kappa shape index (κ3) is 3.48. The zero-order chi connectivity index (χ0) is 9.52. The van der Waals surface area contributed by atoms with Gasteiger partial charge in [0.05, 0.1) is 0 Å². The Kier molecular flexibility index (Phi) is 5.08. The summed E-state index contributed by atoms with van der Waals surface area (Å²) in [5, 5.41) is 1.58. The Morgan fingerprint density at radius 2 is 1.77 bits per heavy atom. The molecule has 0 amide bonds. The predicted molar refractivity (Wildman–Crippen MR) is 63.3 cm³/mol. The summed E-state index contributed by atoms with van der Waals surface area (Å²) in [5.74, 6) is 0. The van der Waals surface area contributed by atoms with Gasteiger partial charge in [0, 0.05) is 0 Å². The number of hydrogen-bond donors (Lipinski definition) is 0. The minimum absolute atomic E-state index is 0.141. The van der Waals surface area contributed by atoms with Gasteiger partial charge in [-0.2, -0.15) is 0 Å². The van der Waals surface area contributed by atoms with E-state index in [-0.39, 0.29) is 7.92 Å². The van der Waals surface area contributed by atoms with Crippen LogP contribution in [0.25, 0.3) is 0 Å². The van der Waals surface area contributed by atoms with E-state index in [1.807, 2.05) is 0 Å². The fourth-order valence-electron chi connectivity index (χ4n) is 1.46. The molecule has 1 unspecified atom stereocenters. The molecule has 0 aromatic heterocycles. The molecule has 0 nitrogen and oxygen atoms in total. The molecule has 72 valence electrons. The number of rotatable bonds is 5. The molecule has 0 fully saturated rings. The molecule has 0 N–H and O–H groups in total. The molecule has 1 rings (SSSR count). The highest BCUT2D eigenvalue weighted by Gasteiger charge is 2.06. The maximum Gasteiger partial charge on any atom is -0.0240 e. The first kappa shape index (κ1) is 10.7. The monoisotopic (exact) mass is 194 g/mol. The van der Waals surface area contributed by atoms with E-state index in [1.165, 1.54) is 25.2 Å². The van der Waals surface area contributed by atoms with E-state index in [1.54, 1.807) is 5.30 Å². The van der Waals surface area contributed by atoms with Crippen LogP contribution in [0, 0.1) is 0 Å². The Morgan fingerprint density at radius 3 is 2.31 bits per heavy atom. The van der Waals surface area contributed by atoms with Gasteiger partial charge in [0.1, 0.15) is 0 Å². The SMILES string of the molecule is CCCCP(CC)c1ccccc1. The van der Waals surface area contributed by atoms with Crippen molar-refractivity contribution in [2.75, 3.05) is 12.3 Å². The third-order valence-corrected chi connectivity index (χ3v) is 4.93. The Balaban J connectivity index is 2.56. The van der Waals surface area contributed by atoms with Crippen molar-refractivity contribution in [1.29, 1.82) is 0 Å².